The molecule has 0 spiro atoms. The van der Waals surface area contributed by atoms with E-state index in [0.29, 0.717) is 4.47 Å². The summed E-state index contributed by atoms with van der Waals surface area (Å²) in [5.41, 5.74) is 2.17. The lowest BCUT2D eigenvalue weighted by molar-refractivity contribution is 0.620. The summed E-state index contributed by atoms with van der Waals surface area (Å²) < 4.78 is 13.6. The van der Waals surface area contributed by atoms with Gasteiger partial charge in [0.05, 0.1) is 9.85 Å². The summed E-state index contributed by atoms with van der Waals surface area (Å²) in [4.78, 5) is 1.15. The van der Waals surface area contributed by atoms with E-state index in [1.165, 1.54) is 11.6 Å². The van der Waals surface area contributed by atoms with Gasteiger partial charge >= 0.3 is 0 Å². The Morgan fingerprint density at radius 2 is 2.18 bits per heavy atom. The second kappa shape index (κ2) is 5.51. The third-order valence-electron chi connectivity index (χ3n) is 2.63. The Balaban J connectivity index is 2.36. The van der Waals surface area contributed by atoms with Gasteiger partial charge in [-0.15, -0.1) is 22.9 Å². The van der Waals surface area contributed by atoms with Crippen molar-refractivity contribution in [3.05, 3.63) is 55.9 Å². The van der Waals surface area contributed by atoms with Crippen molar-refractivity contribution in [2.75, 3.05) is 0 Å². The largest absolute Gasteiger partial charge is 0.206 e. The summed E-state index contributed by atoms with van der Waals surface area (Å²) in [6.07, 6.45) is 0.963. The van der Waals surface area contributed by atoms with Crippen LogP contribution in [-0.4, -0.2) is 0 Å². The van der Waals surface area contributed by atoms with Gasteiger partial charge in [-0.3, -0.25) is 0 Å². The fourth-order valence-electron chi connectivity index (χ4n) is 1.68. The normalized spacial score (nSPS) is 12.7. The fourth-order valence-corrected chi connectivity index (χ4v) is 3.51. The van der Waals surface area contributed by atoms with Crippen molar-refractivity contribution in [2.45, 2.75) is 18.7 Å². The van der Waals surface area contributed by atoms with Crippen LogP contribution in [0.15, 0.2) is 34.1 Å². The topological polar surface area (TPSA) is 0 Å². The second-order valence-corrected chi connectivity index (χ2v) is 5.94. The van der Waals surface area contributed by atoms with E-state index in [1.54, 1.807) is 23.5 Å². The monoisotopic (exact) mass is 332 g/mol. The van der Waals surface area contributed by atoms with Crippen LogP contribution in [0.1, 0.15) is 28.3 Å². The van der Waals surface area contributed by atoms with E-state index in [4.69, 9.17) is 11.6 Å². The third kappa shape index (κ3) is 2.72. The number of thiophene rings is 1. The van der Waals surface area contributed by atoms with Crippen LogP contribution in [0.25, 0.3) is 0 Å². The molecule has 0 amide bonds. The fraction of sp³-hybridized carbons (Fsp3) is 0.231. The van der Waals surface area contributed by atoms with Crippen molar-refractivity contribution in [1.82, 2.24) is 0 Å². The smallest absolute Gasteiger partial charge is 0.137 e. The van der Waals surface area contributed by atoms with Crippen LogP contribution in [0.4, 0.5) is 4.39 Å². The number of rotatable bonds is 3. The predicted octanol–water partition coefficient (Wildman–Crippen LogP) is 5.54. The molecule has 0 saturated carbocycles. The lowest BCUT2D eigenvalue weighted by Gasteiger charge is -2.11. The first-order chi connectivity index (χ1) is 8.13. The Labute approximate surface area is 118 Å². The summed E-state index contributed by atoms with van der Waals surface area (Å²) in [7, 11) is 0. The maximum Gasteiger partial charge on any atom is 0.137 e. The predicted molar refractivity (Wildman–Crippen MR) is 75.5 cm³/mol. The molecule has 0 N–H and O–H groups in total. The molecule has 0 fully saturated rings. The van der Waals surface area contributed by atoms with Gasteiger partial charge in [-0.05, 0) is 57.1 Å². The highest BCUT2D eigenvalue weighted by atomic mass is 79.9. The lowest BCUT2D eigenvalue weighted by atomic mass is 10.1. The van der Waals surface area contributed by atoms with E-state index >= 15 is 0 Å². The maximum absolute atomic E-state index is 13.2. The summed E-state index contributed by atoms with van der Waals surface area (Å²) in [6, 6.07) is 7.01. The van der Waals surface area contributed by atoms with Gasteiger partial charge < -0.3 is 0 Å². The van der Waals surface area contributed by atoms with Crippen molar-refractivity contribution >= 4 is 38.9 Å². The molecule has 0 nitrogen and oxygen atoms in total. The minimum absolute atomic E-state index is 0.207. The summed E-state index contributed by atoms with van der Waals surface area (Å²) in [6.45, 7) is 2.11. The van der Waals surface area contributed by atoms with Crippen LogP contribution in [0, 0.1) is 5.82 Å². The molecule has 0 bridgehead atoms. The molecule has 1 aromatic carbocycles. The van der Waals surface area contributed by atoms with Crippen LogP contribution >= 0.6 is 38.9 Å². The van der Waals surface area contributed by atoms with Gasteiger partial charge in [0, 0.05) is 4.88 Å². The Kier molecular flexibility index (Phi) is 4.23. The molecule has 1 heterocycles. The summed E-state index contributed by atoms with van der Waals surface area (Å²) in [5, 5.41) is 1.84. The van der Waals surface area contributed by atoms with Crippen molar-refractivity contribution < 1.29 is 4.39 Å². The zero-order chi connectivity index (χ0) is 12.4. The van der Waals surface area contributed by atoms with Crippen molar-refractivity contribution in [2.24, 2.45) is 0 Å². The molecule has 4 heteroatoms. The van der Waals surface area contributed by atoms with E-state index < -0.39 is 0 Å². The van der Waals surface area contributed by atoms with E-state index in [-0.39, 0.29) is 11.2 Å². The molecule has 2 rings (SSSR count). The molecular formula is C13H11BrClFS. The molecule has 0 aliphatic heterocycles. The Morgan fingerprint density at radius 1 is 1.41 bits per heavy atom. The Morgan fingerprint density at radius 3 is 2.82 bits per heavy atom. The summed E-state index contributed by atoms with van der Waals surface area (Å²) >= 11 is 11.3. The number of benzene rings is 1. The van der Waals surface area contributed by atoms with Gasteiger partial charge in [0.2, 0.25) is 0 Å². The first-order valence-corrected chi connectivity index (χ1v) is 7.39. The number of hydrogen-bond donors (Lipinski definition) is 0. The zero-order valence-electron chi connectivity index (χ0n) is 9.21. The van der Waals surface area contributed by atoms with Gasteiger partial charge in [-0.2, -0.15) is 0 Å². The van der Waals surface area contributed by atoms with Gasteiger partial charge in [-0.25, -0.2) is 4.39 Å². The first kappa shape index (κ1) is 13.1. The zero-order valence-corrected chi connectivity index (χ0v) is 12.4. The van der Waals surface area contributed by atoms with Crippen molar-refractivity contribution in [3.8, 4) is 0 Å². The highest BCUT2D eigenvalue weighted by molar-refractivity contribution is 9.10. The maximum atomic E-state index is 13.2. The second-order valence-electron chi connectivity index (χ2n) is 3.70. The van der Waals surface area contributed by atoms with E-state index in [2.05, 4.69) is 28.9 Å². The number of hydrogen-bond acceptors (Lipinski definition) is 1. The minimum Gasteiger partial charge on any atom is -0.206 e. The third-order valence-corrected chi connectivity index (χ3v) is 4.86. The van der Waals surface area contributed by atoms with Gasteiger partial charge in [0.1, 0.15) is 5.82 Å². The van der Waals surface area contributed by atoms with Gasteiger partial charge in [0.15, 0.2) is 0 Å². The quantitative estimate of drug-likeness (QED) is 0.647. The Hall–Kier alpha value is -0.380. The van der Waals surface area contributed by atoms with Crippen LogP contribution in [0.2, 0.25) is 0 Å². The highest BCUT2D eigenvalue weighted by Crippen LogP contribution is 2.36. The van der Waals surface area contributed by atoms with Crippen molar-refractivity contribution in [1.29, 1.82) is 0 Å². The van der Waals surface area contributed by atoms with Crippen LogP contribution in [-0.2, 0) is 6.42 Å². The average Bonchev–Trinajstić information content (AvgIpc) is 2.80. The minimum atomic E-state index is -0.264. The van der Waals surface area contributed by atoms with Crippen LogP contribution in [0.5, 0.6) is 0 Å². The van der Waals surface area contributed by atoms with Gasteiger partial charge in [-0.1, -0.05) is 13.0 Å². The molecule has 1 atom stereocenters. The standard InChI is InChI=1S/C13H11BrClFS/c1-2-8-5-6-17-13(8)12(15)9-3-4-11(16)10(14)7-9/h3-7,12H,2H2,1H3. The number of aryl methyl sites for hydroxylation is 1. The molecule has 0 radical (unpaired) electrons. The Bertz CT molecular complexity index is 524. The number of alkyl halides is 1. The number of halogens is 3. The molecule has 0 aliphatic carbocycles. The van der Waals surface area contributed by atoms with E-state index in [9.17, 15) is 4.39 Å². The molecule has 17 heavy (non-hydrogen) atoms. The van der Waals surface area contributed by atoms with Crippen molar-refractivity contribution in [3.63, 3.8) is 0 Å². The molecule has 90 valence electrons. The lowest BCUT2D eigenvalue weighted by Crippen LogP contribution is -1.95. The van der Waals surface area contributed by atoms with E-state index in [0.717, 1.165) is 16.9 Å². The molecule has 0 aliphatic rings. The molecule has 1 aromatic heterocycles. The molecule has 1 unspecified atom stereocenters. The highest BCUT2D eigenvalue weighted by Gasteiger charge is 2.16. The van der Waals surface area contributed by atoms with Crippen LogP contribution < -0.4 is 0 Å². The average molecular weight is 334 g/mol. The molecule has 2 aromatic rings. The first-order valence-electron chi connectivity index (χ1n) is 5.28. The SMILES string of the molecule is CCc1ccsc1C(Cl)c1ccc(F)c(Br)c1. The van der Waals surface area contributed by atoms with E-state index in [1.807, 2.05) is 5.38 Å². The summed E-state index contributed by atoms with van der Waals surface area (Å²) in [5.74, 6) is -0.264. The molecular weight excluding hydrogens is 323 g/mol. The van der Waals surface area contributed by atoms with Crippen LogP contribution in [0.3, 0.4) is 0 Å². The van der Waals surface area contributed by atoms with Gasteiger partial charge in [0.25, 0.3) is 0 Å². The molecule has 0 saturated heterocycles.